The maximum atomic E-state index is 12.7. The van der Waals surface area contributed by atoms with Crippen molar-refractivity contribution in [2.45, 2.75) is 51.2 Å². The van der Waals surface area contributed by atoms with Gasteiger partial charge in [0.2, 0.25) is 5.91 Å². The van der Waals surface area contributed by atoms with Crippen molar-refractivity contribution >= 4 is 22.4 Å². The van der Waals surface area contributed by atoms with Crippen LogP contribution in [0.15, 0.2) is 17.8 Å². The minimum Gasteiger partial charge on any atom is -0.350 e. The van der Waals surface area contributed by atoms with Gasteiger partial charge in [-0.25, -0.2) is 9.97 Å². The normalized spacial score (nSPS) is 23.8. The van der Waals surface area contributed by atoms with Gasteiger partial charge in [-0.1, -0.05) is 0 Å². The topological polar surface area (TPSA) is 63.1 Å². The minimum atomic E-state index is -0.0768. The van der Waals surface area contributed by atoms with Crippen LogP contribution < -0.4 is 10.2 Å². The van der Waals surface area contributed by atoms with Crippen molar-refractivity contribution in [1.82, 2.24) is 19.9 Å². The van der Waals surface area contributed by atoms with E-state index in [1.807, 2.05) is 12.3 Å². The molecule has 1 fully saturated rings. The predicted octanol–water partition coefficient (Wildman–Crippen LogP) is 1.75. The Hall–Kier alpha value is -1.89. The number of carbonyl (C=O) groups is 1. The number of rotatable bonds is 3. The second-order valence-corrected chi connectivity index (χ2v) is 7.23. The highest BCUT2D eigenvalue weighted by atomic mass is 32.1. The first-order chi connectivity index (χ1) is 11.2. The first-order valence-corrected chi connectivity index (χ1v) is 9.08. The third-order valence-electron chi connectivity index (χ3n) is 4.68. The lowest BCUT2D eigenvalue weighted by Crippen LogP contribution is -2.49. The molecule has 4 heterocycles. The van der Waals surface area contributed by atoms with Crippen molar-refractivity contribution in [2.75, 3.05) is 11.4 Å². The van der Waals surface area contributed by atoms with Crippen LogP contribution in [-0.4, -0.2) is 39.1 Å². The summed E-state index contributed by atoms with van der Waals surface area (Å²) in [6, 6.07) is 0.120. The van der Waals surface area contributed by atoms with Gasteiger partial charge in [-0.05, 0) is 26.2 Å². The smallest absolute Gasteiger partial charge is 0.243 e. The maximum absolute atomic E-state index is 12.7. The Kier molecular flexibility index (Phi) is 3.80. The van der Waals surface area contributed by atoms with E-state index in [0.717, 1.165) is 55.4 Å². The van der Waals surface area contributed by atoms with Crippen LogP contribution >= 0.6 is 11.3 Å². The number of hydrogen-bond acceptors (Lipinski definition) is 5. The molecular formula is C16H21N5OS. The number of fused-ring (bicyclic) bond motifs is 1. The van der Waals surface area contributed by atoms with Crippen LogP contribution in [0.3, 0.4) is 0 Å². The molecule has 2 atom stereocenters. The first-order valence-electron chi connectivity index (χ1n) is 8.20. The fourth-order valence-corrected chi connectivity index (χ4v) is 4.35. The number of anilines is 1. The molecule has 1 amide bonds. The molecule has 122 valence electrons. The van der Waals surface area contributed by atoms with Crippen molar-refractivity contribution in [1.29, 1.82) is 0 Å². The summed E-state index contributed by atoms with van der Waals surface area (Å²) >= 11 is 1.60. The molecule has 23 heavy (non-hydrogen) atoms. The van der Waals surface area contributed by atoms with Gasteiger partial charge in [0.25, 0.3) is 0 Å². The number of aryl methyl sites for hydroxylation is 2. The molecule has 4 rings (SSSR count). The standard InChI is InChI=1S/C16H21N5OS/c1-11-9-20-10-12(4-5-14(20)18-11)19-15(22)13-3-2-7-21(13)16-17-6-8-23-16/h6,8-9,12-13H,2-5,7,10H2,1H3,(H,19,22)/t12-,13+/m1/s1. The molecule has 2 aromatic rings. The molecule has 7 heteroatoms. The third kappa shape index (κ3) is 2.85. The lowest BCUT2D eigenvalue weighted by atomic mass is 10.1. The first kappa shape index (κ1) is 14.7. The highest BCUT2D eigenvalue weighted by molar-refractivity contribution is 7.13. The zero-order valence-electron chi connectivity index (χ0n) is 13.2. The highest BCUT2D eigenvalue weighted by Gasteiger charge is 2.33. The summed E-state index contributed by atoms with van der Waals surface area (Å²) in [5.74, 6) is 1.28. The molecule has 0 saturated carbocycles. The number of hydrogen-bond donors (Lipinski definition) is 1. The number of imidazole rings is 1. The maximum Gasteiger partial charge on any atom is 0.243 e. The molecule has 0 aliphatic carbocycles. The third-order valence-corrected chi connectivity index (χ3v) is 5.49. The summed E-state index contributed by atoms with van der Waals surface area (Å²) in [5.41, 5.74) is 1.05. The summed E-state index contributed by atoms with van der Waals surface area (Å²) in [6.45, 7) is 3.76. The number of thiazole rings is 1. The average Bonchev–Trinajstić information content (AvgIpc) is 3.25. The number of amides is 1. The Morgan fingerprint density at radius 3 is 3.17 bits per heavy atom. The zero-order valence-corrected chi connectivity index (χ0v) is 14.1. The van der Waals surface area contributed by atoms with Crippen LogP contribution in [-0.2, 0) is 17.8 Å². The molecule has 0 radical (unpaired) electrons. The van der Waals surface area contributed by atoms with E-state index in [-0.39, 0.29) is 18.0 Å². The molecule has 6 nitrogen and oxygen atoms in total. The van der Waals surface area contributed by atoms with Gasteiger partial charge in [-0.2, -0.15) is 0 Å². The largest absolute Gasteiger partial charge is 0.350 e. The Labute approximate surface area is 139 Å². The molecule has 1 N–H and O–H groups in total. The number of nitrogens with zero attached hydrogens (tertiary/aromatic N) is 4. The predicted molar refractivity (Wildman–Crippen MR) is 89.7 cm³/mol. The van der Waals surface area contributed by atoms with Crippen LogP contribution in [0.1, 0.15) is 30.8 Å². The average molecular weight is 331 g/mol. The summed E-state index contributed by atoms with van der Waals surface area (Å²) in [7, 11) is 0. The van der Waals surface area contributed by atoms with E-state index in [1.165, 1.54) is 0 Å². The van der Waals surface area contributed by atoms with E-state index in [0.29, 0.717) is 0 Å². The van der Waals surface area contributed by atoms with Crippen LogP contribution in [0.25, 0.3) is 0 Å². The molecule has 0 aromatic carbocycles. The molecule has 2 aliphatic rings. The van der Waals surface area contributed by atoms with Gasteiger partial charge in [0.05, 0.1) is 5.69 Å². The fourth-order valence-electron chi connectivity index (χ4n) is 3.63. The van der Waals surface area contributed by atoms with Gasteiger partial charge in [0, 0.05) is 43.3 Å². The Morgan fingerprint density at radius 1 is 1.43 bits per heavy atom. The van der Waals surface area contributed by atoms with Crippen molar-refractivity contribution in [3.8, 4) is 0 Å². The van der Waals surface area contributed by atoms with Crippen LogP contribution in [0.4, 0.5) is 5.13 Å². The van der Waals surface area contributed by atoms with E-state index in [4.69, 9.17) is 0 Å². The van der Waals surface area contributed by atoms with Crippen molar-refractivity contribution in [2.24, 2.45) is 0 Å². The fraction of sp³-hybridized carbons (Fsp3) is 0.562. The Morgan fingerprint density at radius 2 is 2.35 bits per heavy atom. The van der Waals surface area contributed by atoms with Gasteiger partial charge in [-0.3, -0.25) is 4.79 Å². The quantitative estimate of drug-likeness (QED) is 0.931. The molecule has 0 spiro atoms. The number of aromatic nitrogens is 3. The van der Waals surface area contributed by atoms with E-state index in [1.54, 1.807) is 17.5 Å². The zero-order chi connectivity index (χ0) is 15.8. The molecule has 2 aromatic heterocycles. The van der Waals surface area contributed by atoms with Crippen LogP contribution in [0.5, 0.6) is 0 Å². The highest BCUT2D eigenvalue weighted by Crippen LogP contribution is 2.27. The van der Waals surface area contributed by atoms with Gasteiger partial charge in [0.15, 0.2) is 5.13 Å². The van der Waals surface area contributed by atoms with Gasteiger partial charge in [-0.15, -0.1) is 11.3 Å². The Balaban J connectivity index is 1.42. The minimum absolute atomic E-state index is 0.0768. The summed E-state index contributed by atoms with van der Waals surface area (Å²) in [5, 5.41) is 6.17. The van der Waals surface area contributed by atoms with Gasteiger partial charge >= 0.3 is 0 Å². The number of nitrogens with one attached hydrogen (secondary N) is 1. The molecule has 0 unspecified atom stereocenters. The SMILES string of the molecule is Cc1cn2c(n1)CC[C@@H](NC(=O)[C@@H]1CCCN1c1nccs1)C2. The van der Waals surface area contributed by atoms with Crippen LogP contribution in [0.2, 0.25) is 0 Å². The van der Waals surface area contributed by atoms with Crippen molar-refractivity contribution in [3.05, 3.63) is 29.3 Å². The lowest BCUT2D eigenvalue weighted by Gasteiger charge is -2.28. The van der Waals surface area contributed by atoms with E-state index < -0.39 is 0 Å². The van der Waals surface area contributed by atoms with E-state index in [2.05, 4.69) is 30.9 Å². The van der Waals surface area contributed by atoms with Crippen molar-refractivity contribution in [3.63, 3.8) is 0 Å². The summed E-state index contributed by atoms with van der Waals surface area (Å²) < 4.78 is 2.18. The Bertz CT molecular complexity index is 695. The van der Waals surface area contributed by atoms with Gasteiger partial charge in [0.1, 0.15) is 11.9 Å². The molecule has 1 saturated heterocycles. The molecule has 2 aliphatic heterocycles. The van der Waals surface area contributed by atoms with Crippen molar-refractivity contribution < 1.29 is 4.79 Å². The van der Waals surface area contributed by atoms with Crippen LogP contribution in [0, 0.1) is 6.92 Å². The number of carbonyl (C=O) groups excluding carboxylic acids is 1. The van der Waals surface area contributed by atoms with E-state index >= 15 is 0 Å². The summed E-state index contributed by atoms with van der Waals surface area (Å²) in [6.07, 6.45) is 7.73. The molecule has 0 bridgehead atoms. The monoisotopic (exact) mass is 331 g/mol. The van der Waals surface area contributed by atoms with E-state index in [9.17, 15) is 4.79 Å². The summed E-state index contributed by atoms with van der Waals surface area (Å²) in [4.78, 5) is 23.8. The van der Waals surface area contributed by atoms with Gasteiger partial charge < -0.3 is 14.8 Å². The second-order valence-electron chi connectivity index (χ2n) is 6.36. The molecular weight excluding hydrogens is 310 g/mol. The lowest BCUT2D eigenvalue weighted by molar-refractivity contribution is -0.123. The second kappa shape index (κ2) is 5.96.